The van der Waals surface area contributed by atoms with Gasteiger partial charge in [-0.05, 0) is 62.0 Å². The zero-order chi connectivity index (χ0) is 14.8. The molecule has 1 atom stereocenters. The quantitative estimate of drug-likeness (QED) is 0.801. The minimum Gasteiger partial charge on any atom is -0.303 e. The highest BCUT2D eigenvalue weighted by Crippen LogP contribution is 2.27. The molecule has 0 radical (unpaired) electrons. The summed E-state index contributed by atoms with van der Waals surface area (Å²) in [6.45, 7) is 5.10. The Hall–Kier alpha value is -0.650. The molecule has 1 aliphatic heterocycles. The van der Waals surface area contributed by atoms with E-state index >= 15 is 0 Å². The van der Waals surface area contributed by atoms with Gasteiger partial charge >= 0.3 is 0 Å². The third-order valence-electron chi connectivity index (χ3n) is 3.84. The highest BCUT2D eigenvalue weighted by Gasteiger charge is 2.23. The van der Waals surface area contributed by atoms with Gasteiger partial charge in [0.2, 0.25) is 0 Å². The fraction of sp³-hybridized carbons (Fsp3) is 0.571. The van der Waals surface area contributed by atoms with Gasteiger partial charge in [-0.15, -0.1) is 0 Å². The second-order valence-corrected chi connectivity index (χ2v) is 7.83. The zero-order valence-corrected chi connectivity index (χ0v) is 13.1. The molecular formula is C14H19ClFNO2S. The minimum absolute atomic E-state index is 0.0363. The van der Waals surface area contributed by atoms with Crippen LogP contribution in [0.1, 0.15) is 25.3 Å². The summed E-state index contributed by atoms with van der Waals surface area (Å²) in [6, 6.07) is 3.69. The Balaban J connectivity index is 2.22. The average Bonchev–Trinajstić information content (AvgIpc) is 2.37. The molecule has 0 bridgehead atoms. The highest BCUT2D eigenvalue weighted by molar-refractivity contribution is 8.13. The van der Waals surface area contributed by atoms with Crippen molar-refractivity contribution in [2.45, 2.75) is 31.1 Å². The molecule has 6 heteroatoms. The van der Waals surface area contributed by atoms with Crippen LogP contribution in [0.25, 0.3) is 0 Å². The molecule has 1 saturated heterocycles. The standard InChI is InChI=1S/C14H19ClFNO2S/c1-2-17-7-3-4-11(10-17)8-12-9-13(16)5-6-14(12)20(15,18)19/h5-6,9,11H,2-4,7-8,10H2,1H3. The number of rotatable bonds is 4. The fourth-order valence-electron chi connectivity index (χ4n) is 2.86. The van der Waals surface area contributed by atoms with Crippen LogP contribution in [-0.4, -0.2) is 33.0 Å². The first kappa shape index (κ1) is 15.7. The Morgan fingerprint density at radius 1 is 1.45 bits per heavy atom. The van der Waals surface area contributed by atoms with E-state index in [0.717, 1.165) is 38.5 Å². The number of piperidine rings is 1. The van der Waals surface area contributed by atoms with Crippen LogP contribution in [0.5, 0.6) is 0 Å². The molecule has 0 aliphatic carbocycles. The lowest BCUT2D eigenvalue weighted by atomic mass is 9.91. The number of hydrogen-bond donors (Lipinski definition) is 0. The number of nitrogens with zero attached hydrogens (tertiary/aromatic N) is 1. The first-order valence-electron chi connectivity index (χ1n) is 6.85. The minimum atomic E-state index is -3.83. The van der Waals surface area contributed by atoms with E-state index in [9.17, 15) is 12.8 Å². The van der Waals surface area contributed by atoms with Crippen molar-refractivity contribution in [3.8, 4) is 0 Å². The van der Waals surface area contributed by atoms with E-state index < -0.39 is 14.9 Å². The molecule has 1 heterocycles. The van der Waals surface area contributed by atoms with Crippen molar-refractivity contribution in [3.63, 3.8) is 0 Å². The largest absolute Gasteiger partial charge is 0.303 e. The highest BCUT2D eigenvalue weighted by atomic mass is 35.7. The van der Waals surface area contributed by atoms with Crippen LogP contribution in [0.4, 0.5) is 4.39 Å². The molecule has 1 unspecified atom stereocenters. The molecule has 0 amide bonds. The second kappa shape index (κ2) is 6.41. The fourth-order valence-corrected chi connectivity index (χ4v) is 4.00. The van der Waals surface area contributed by atoms with Gasteiger partial charge in [-0.25, -0.2) is 12.8 Å². The Morgan fingerprint density at radius 2 is 2.20 bits per heavy atom. The molecule has 1 fully saturated rings. The normalized spacial score (nSPS) is 21.1. The van der Waals surface area contributed by atoms with Crippen molar-refractivity contribution in [3.05, 3.63) is 29.6 Å². The van der Waals surface area contributed by atoms with Crippen LogP contribution in [0, 0.1) is 11.7 Å². The van der Waals surface area contributed by atoms with Gasteiger partial charge in [0, 0.05) is 17.2 Å². The van der Waals surface area contributed by atoms with Crippen molar-refractivity contribution in [2.75, 3.05) is 19.6 Å². The lowest BCUT2D eigenvalue weighted by Crippen LogP contribution is -2.36. The first-order valence-corrected chi connectivity index (χ1v) is 9.16. The number of benzene rings is 1. The van der Waals surface area contributed by atoms with E-state index in [4.69, 9.17) is 10.7 Å². The predicted molar refractivity (Wildman–Crippen MR) is 78.0 cm³/mol. The summed E-state index contributed by atoms with van der Waals surface area (Å²) in [6.07, 6.45) is 2.68. The number of halogens is 2. The molecule has 2 rings (SSSR count). The van der Waals surface area contributed by atoms with Crippen LogP contribution < -0.4 is 0 Å². The van der Waals surface area contributed by atoms with Gasteiger partial charge < -0.3 is 4.90 Å². The monoisotopic (exact) mass is 319 g/mol. The average molecular weight is 320 g/mol. The third-order valence-corrected chi connectivity index (χ3v) is 5.27. The summed E-state index contributed by atoms with van der Waals surface area (Å²) in [5.41, 5.74) is 0.489. The zero-order valence-electron chi connectivity index (χ0n) is 11.5. The molecule has 20 heavy (non-hydrogen) atoms. The van der Waals surface area contributed by atoms with E-state index in [0.29, 0.717) is 17.9 Å². The van der Waals surface area contributed by atoms with E-state index in [1.165, 1.54) is 12.1 Å². The van der Waals surface area contributed by atoms with Crippen molar-refractivity contribution < 1.29 is 12.8 Å². The molecule has 0 saturated carbocycles. The van der Waals surface area contributed by atoms with Gasteiger partial charge in [0.15, 0.2) is 0 Å². The SMILES string of the molecule is CCN1CCCC(Cc2cc(F)ccc2S(=O)(=O)Cl)C1. The smallest absolute Gasteiger partial charge is 0.261 e. The van der Waals surface area contributed by atoms with E-state index in [-0.39, 0.29) is 4.90 Å². The van der Waals surface area contributed by atoms with Gasteiger partial charge in [-0.2, -0.15) is 0 Å². The van der Waals surface area contributed by atoms with Crippen LogP contribution in [-0.2, 0) is 15.5 Å². The summed E-state index contributed by atoms with van der Waals surface area (Å²) >= 11 is 0. The molecule has 3 nitrogen and oxygen atoms in total. The number of hydrogen-bond acceptors (Lipinski definition) is 3. The number of likely N-dealkylation sites (tertiary alicyclic amines) is 1. The predicted octanol–water partition coefficient (Wildman–Crippen LogP) is 3.03. The summed E-state index contributed by atoms with van der Waals surface area (Å²) in [5, 5.41) is 0. The molecule has 112 valence electrons. The second-order valence-electron chi connectivity index (χ2n) is 5.30. The third kappa shape index (κ3) is 3.93. The van der Waals surface area contributed by atoms with Crippen LogP contribution in [0.3, 0.4) is 0 Å². The topological polar surface area (TPSA) is 37.4 Å². The van der Waals surface area contributed by atoms with Gasteiger partial charge in [-0.1, -0.05) is 6.92 Å². The summed E-state index contributed by atoms with van der Waals surface area (Å²) < 4.78 is 36.5. The maximum atomic E-state index is 13.4. The van der Waals surface area contributed by atoms with Crippen molar-refractivity contribution in [1.29, 1.82) is 0 Å². The maximum absolute atomic E-state index is 13.4. The lowest BCUT2D eigenvalue weighted by Gasteiger charge is -2.32. The summed E-state index contributed by atoms with van der Waals surface area (Å²) in [5.74, 6) is -0.0742. The van der Waals surface area contributed by atoms with Gasteiger partial charge in [-0.3, -0.25) is 0 Å². The van der Waals surface area contributed by atoms with E-state index in [1.807, 2.05) is 0 Å². The Morgan fingerprint density at radius 3 is 2.85 bits per heavy atom. The molecule has 0 N–H and O–H groups in total. The van der Waals surface area contributed by atoms with E-state index in [1.54, 1.807) is 0 Å². The summed E-state index contributed by atoms with van der Waals surface area (Å²) in [7, 11) is 1.60. The Labute approximate surface area is 124 Å². The summed E-state index contributed by atoms with van der Waals surface area (Å²) in [4.78, 5) is 2.37. The van der Waals surface area contributed by atoms with Gasteiger partial charge in [0.1, 0.15) is 5.82 Å². The van der Waals surface area contributed by atoms with Gasteiger partial charge in [0.25, 0.3) is 9.05 Å². The van der Waals surface area contributed by atoms with Crippen LogP contribution >= 0.6 is 10.7 Å². The van der Waals surface area contributed by atoms with Crippen molar-refractivity contribution in [2.24, 2.45) is 5.92 Å². The molecular weight excluding hydrogens is 301 g/mol. The van der Waals surface area contributed by atoms with Gasteiger partial charge in [0.05, 0.1) is 4.90 Å². The Kier molecular flexibility index (Phi) is 5.04. The maximum Gasteiger partial charge on any atom is 0.261 e. The molecule has 1 aromatic rings. The Bertz CT molecular complexity index is 577. The van der Waals surface area contributed by atoms with E-state index in [2.05, 4.69) is 11.8 Å². The lowest BCUT2D eigenvalue weighted by molar-refractivity contribution is 0.181. The first-order chi connectivity index (χ1) is 9.40. The molecule has 0 spiro atoms. The van der Waals surface area contributed by atoms with Crippen molar-refractivity contribution in [1.82, 2.24) is 4.90 Å². The molecule has 1 aromatic carbocycles. The molecule has 0 aromatic heterocycles. The molecule has 1 aliphatic rings. The van der Waals surface area contributed by atoms with Crippen molar-refractivity contribution >= 4 is 19.7 Å². The van der Waals surface area contributed by atoms with Crippen LogP contribution in [0.2, 0.25) is 0 Å². The van der Waals surface area contributed by atoms with Crippen LogP contribution in [0.15, 0.2) is 23.1 Å².